The second kappa shape index (κ2) is 7.83. The second-order valence-corrected chi connectivity index (χ2v) is 8.09. The fraction of sp³-hybridized carbons (Fsp3) is 0.273. The number of aromatic nitrogens is 1. The summed E-state index contributed by atoms with van der Waals surface area (Å²) in [6, 6.07) is 9.89. The third-order valence-electron chi connectivity index (χ3n) is 5.08. The van der Waals surface area contributed by atoms with E-state index in [0.717, 1.165) is 39.4 Å². The van der Waals surface area contributed by atoms with Gasteiger partial charge in [0.2, 0.25) is 0 Å². The second-order valence-electron chi connectivity index (χ2n) is 6.89. The molecule has 0 spiro atoms. The Morgan fingerprint density at radius 1 is 1.17 bits per heavy atom. The highest BCUT2D eigenvalue weighted by atomic mass is 32.1. The maximum absolute atomic E-state index is 13.3. The zero-order chi connectivity index (χ0) is 20.5. The molecule has 1 heterocycles. The highest BCUT2D eigenvalue weighted by molar-refractivity contribution is 7.15. The molecule has 7 heteroatoms. The summed E-state index contributed by atoms with van der Waals surface area (Å²) in [5.41, 5.74) is 3.32. The molecule has 5 nitrogen and oxygen atoms in total. The number of carbonyl (C=O) groups excluding carboxylic acids is 1. The molecule has 1 aliphatic carbocycles. The summed E-state index contributed by atoms with van der Waals surface area (Å²) in [5, 5.41) is 3.89. The molecule has 1 aromatic heterocycles. The number of nitrogens with zero attached hydrogens (tertiary/aromatic N) is 1. The molecule has 0 fully saturated rings. The fourth-order valence-electron chi connectivity index (χ4n) is 3.69. The van der Waals surface area contributed by atoms with Crippen molar-refractivity contribution in [3.05, 3.63) is 64.0 Å². The number of hydrogen-bond donors (Lipinski definition) is 1. The van der Waals surface area contributed by atoms with Crippen molar-refractivity contribution in [3.63, 3.8) is 0 Å². The van der Waals surface area contributed by atoms with Gasteiger partial charge in [0.15, 0.2) is 11.5 Å². The third-order valence-corrected chi connectivity index (χ3v) is 6.10. The molecular weight excluding hydrogens is 391 g/mol. The number of benzene rings is 2. The van der Waals surface area contributed by atoms with Crippen LogP contribution in [0, 0.1) is 12.7 Å². The Morgan fingerprint density at radius 2 is 1.86 bits per heavy atom. The van der Waals surface area contributed by atoms with E-state index in [-0.39, 0.29) is 17.8 Å². The molecule has 150 valence electrons. The quantitative estimate of drug-likeness (QED) is 0.660. The minimum atomic E-state index is -0.312. The summed E-state index contributed by atoms with van der Waals surface area (Å²) in [5.74, 6) is 0.782. The van der Waals surface area contributed by atoms with Gasteiger partial charge in [0.1, 0.15) is 11.5 Å². The summed E-state index contributed by atoms with van der Waals surface area (Å²) in [6.45, 7) is 1.86. The van der Waals surface area contributed by atoms with Crippen LogP contribution in [-0.4, -0.2) is 25.1 Å². The van der Waals surface area contributed by atoms with Crippen molar-refractivity contribution in [3.8, 4) is 21.9 Å². The van der Waals surface area contributed by atoms with Gasteiger partial charge in [-0.05, 0) is 60.7 Å². The van der Waals surface area contributed by atoms with E-state index in [0.29, 0.717) is 17.2 Å². The first-order valence-electron chi connectivity index (χ1n) is 9.29. The van der Waals surface area contributed by atoms with Gasteiger partial charge >= 0.3 is 0 Å². The molecule has 0 aliphatic heterocycles. The normalized spacial score (nSPS) is 15.1. The zero-order valence-electron chi connectivity index (χ0n) is 16.4. The van der Waals surface area contributed by atoms with E-state index >= 15 is 0 Å². The van der Waals surface area contributed by atoms with Crippen LogP contribution in [0.15, 0.2) is 36.4 Å². The molecule has 1 amide bonds. The number of amides is 1. The van der Waals surface area contributed by atoms with Crippen LogP contribution >= 0.6 is 11.3 Å². The van der Waals surface area contributed by atoms with Crippen LogP contribution in [-0.2, 0) is 6.42 Å². The summed E-state index contributed by atoms with van der Waals surface area (Å²) in [7, 11) is 3.21. The van der Waals surface area contributed by atoms with E-state index in [4.69, 9.17) is 9.47 Å². The van der Waals surface area contributed by atoms with Crippen LogP contribution in [0.25, 0.3) is 10.4 Å². The van der Waals surface area contributed by atoms with Gasteiger partial charge < -0.3 is 14.8 Å². The van der Waals surface area contributed by atoms with E-state index in [1.165, 1.54) is 23.5 Å². The highest BCUT2D eigenvalue weighted by Gasteiger charge is 2.28. The average Bonchev–Trinajstić information content (AvgIpc) is 3.30. The number of thiazole rings is 1. The van der Waals surface area contributed by atoms with E-state index in [1.807, 2.05) is 19.1 Å². The monoisotopic (exact) mass is 412 g/mol. The fourth-order valence-corrected chi connectivity index (χ4v) is 4.61. The summed E-state index contributed by atoms with van der Waals surface area (Å²) < 4.78 is 24.1. The molecule has 2 aromatic carbocycles. The number of aryl methyl sites for hydroxylation is 2. The third kappa shape index (κ3) is 3.70. The van der Waals surface area contributed by atoms with Crippen molar-refractivity contribution in [1.82, 2.24) is 10.3 Å². The van der Waals surface area contributed by atoms with Gasteiger partial charge in [-0.25, -0.2) is 9.37 Å². The molecule has 1 aliphatic rings. The first kappa shape index (κ1) is 19.4. The molecular formula is C22H21FN2O3S. The summed E-state index contributed by atoms with van der Waals surface area (Å²) in [4.78, 5) is 18.2. The smallest absolute Gasteiger partial charge is 0.271 e. The molecule has 0 saturated carbocycles. The lowest BCUT2D eigenvalue weighted by Crippen LogP contribution is -2.27. The number of ether oxygens (including phenoxy) is 2. The first-order valence-corrected chi connectivity index (χ1v) is 10.1. The van der Waals surface area contributed by atoms with E-state index in [2.05, 4.69) is 10.3 Å². The lowest BCUT2D eigenvalue weighted by Gasteiger charge is -2.16. The molecule has 29 heavy (non-hydrogen) atoms. The van der Waals surface area contributed by atoms with E-state index in [1.54, 1.807) is 26.4 Å². The van der Waals surface area contributed by atoms with Crippen LogP contribution in [0.5, 0.6) is 11.5 Å². The van der Waals surface area contributed by atoms with Gasteiger partial charge in [0, 0.05) is 0 Å². The Hall–Kier alpha value is -2.93. The molecule has 0 saturated heterocycles. The van der Waals surface area contributed by atoms with E-state index in [9.17, 15) is 9.18 Å². The van der Waals surface area contributed by atoms with Crippen molar-refractivity contribution < 1.29 is 18.7 Å². The number of halogens is 1. The molecule has 4 rings (SSSR count). The number of carbonyl (C=O) groups is 1. The molecule has 1 N–H and O–H groups in total. The van der Waals surface area contributed by atoms with Gasteiger partial charge in [0.05, 0.1) is 30.1 Å². The van der Waals surface area contributed by atoms with Crippen LogP contribution < -0.4 is 14.8 Å². The Bertz CT molecular complexity index is 1060. The Balaban J connectivity index is 1.62. The number of nitrogens with one attached hydrogen (secondary N) is 1. The SMILES string of the molecule is COc1cc2c(cc1OC)C(NC(=O)c1nc(C)sc1-c1ccc(F)cc1)CC2. The molecule has 1 atom stereocenters. The van der Waals surface area contributed by atoms with Gasteiger partial charge in [-0.1, -0.05) is 12.1 Å². The van der Waals surface area contributed by atoms with E-state index < -0.39 is 0 Å². The minimum absolute atomic E-state index is 0.125. The van der Waals surface area contributed by atoms with Crippen LogP contribution in [0.3, 0.4) is 0 Å². The van der Waals surface area contributed by atoms with Gasteiger partial charge in [-0.15, -0.1) is 11.3 Å². The standard InChI is InChI=1S/C22H21FN2O3S/c1-12-24-20(21(29-12)13-4-7-15(23)8-5-13)22(26)25-17-9-6-14-10-18(27-2)19(28-3)11-16(14)17/h4-5,7-8,10-11,17H,6,9H2,1-3H3,(H,25,26). The average molecular weight is 412 g/mol. The van der Waals surface area contributed by atoms with Crippen LogP contribution in [0.4, 0.5) is 4.39 Å². The summed E-state index contributed by atoms with van der Waals surface area (Å²) in [6.07, 6.45) is 1.65. The lowest BCUT2D eigenvalue weighted by atomic mass is 10.1. The van der Waals surface area contributed by atoms with Crippen molar-refractivity contribution in [2.24, 2.45) is 0 Å². The summed E-state index contributed by atoms with van der Waals surface area (Å²) >= 11 is 1.43. The molecule has 0 bridgehead atoms. The lowest BCUT2D eigenvalue weighted by molar-refractivity contribution is 0.0933. The van der Waals surface area contributed by atoms with Crippen molar-refractivity contribution in [2.75, 3.05) is 14.2 Å². The predicted octanol–water partition coefficient (Wildman–Crippen LogP) is 4.69. The van der Waals surface area contributed by atoms with Gasteiger partial charge in [-0.2, -0.15) is 0 Å². The molecule has 3 aromatic rings. The number of rotatable bonds is 5. The van der Waals surface area contributed by atoms with Crippen molar-refractivity contribution in [2.45, 2.75) is 25.8 Å². The Labute approximate surface area is 172 Å². The topological polar surface area (TPSA) is 60.5 Å². The van der Waals surface area contributed by atoms with Crippen molar-refractivity contribution in [1.29, 1.82) is 0 Å². The van der Waals surface area contributed by atoms with Gasteiger partial charge in [0.25, 0.3) is 5.91 Å². The van der Waals surface area contributed by atoms with Crippen LogP contribution in [0.1, 0.15) is 39.1 Å². The minimum Gasteiger partial charge on any atom is -0.493 e. The van der Waals surface area contributed by atoms with Crippen LogP contribution in [0.2, 0.25) is 0 Å². The maximum Gasteiger partial charge on any atom is 0.271 e. The number of methoxy groups -OCH3 is 2. The highest BCUT2D eigenvalue weighted by Crippen LogP contribution is 2.40. The number of hydrogen-bond acceptors (Lipinski definition) is 5. The van der Waals surface area contributed by atoms with Gasteiger partial charge in [-0.3, -0.25) is 4.79 Å². The zero-order valence-corrected chi connectivity index (χ0v) is 17.2. The first-order chi connectivity index (χ1) is 14.0. The predicted molar refractivity (Wildman–Crippen MR) is 110 cm³/mol. The maximum atomic E-state index is 13.3. The Kier molecular flexibility index (Phi) is 5.24. The molecule has 1 unspecified atom stereocenters. The Morgan fingerprint density at radius 3 is 2.55 bits per heavy atom. The number of fused-ring (bicyclic) bond motifs is 1. The van der Waals surface area contributed by atoms with Crippen molar-refractivity contribution >= 4 is 17.2 Å². The largest absolute Gasteiger partial charge is 0.493 e. The molecule has 0 radical (unpaired) electrons.